The molecular formula is C26H42S. The lowest BCUT2D eigenvalue weighted by Gasteiger charge is -2.03. The summed E-state index contributed by atoms with van der Waals surface area (Å²) in [5, 5.41) is 1.42. The number of hydrogen-bond acceptors (Lipinski definition) is 1. The molecule has 0 aliphatic heterocycles. The van der Waals surface area contributed by atoms with Crippen molar-refractivity contribution in [2.24, 2.45) is 0 Å². The molecule has 27 heavy (non-hydrogen) atoms. The molecule has 0 N–H and O–H groups in total. The molecule has 0 nitrogen and oxygen atoms in total. The van der Waals surface area contributed by atoms with Crippen LogP contribution in [0.15, 0.2) is 30.3 Å². The van der Waals surface area contributed by atoms with Gasteiger partial charge in [-0.25, -0.2) is 0 Å². The molecule has 0 fully saturated rings. The average molecular weight is 387 g/mol. The first-order valence-corrected chi connectivity index (χ1v) is 12.7. The van der Waals surface area contributed by atoms with E-state index in [4.69, 9.17) is 0 Å². The van der Waals surface area contributed by atoms with Crippen molar-refractivity contribution in [1.82, 2.24) is 0 Å². The lowest BCUT2D eigenvalue weighted by Crippen LogP contribution is -1.84. The third-order valence-electron chi connectivity index (χ3n) is 5.75. The molecule has 0 amide bonds. The van der Waals surface area contributed by atoms with E-state index in [9.17, 15) is 0 Å². The van der Waals surface area contributed by atoms with E-state index in [0.29, 0.717) is 0 Å². The van der Waals surface area contributed by atoms with Crippen LogP contribution in [-0.4, -0.2) is 0 Å². The average Bonchev–Trinajstić information content (AvgIpc) is 3.10. The Morgan fingerprint density at radius 3 is 1.59 bits per heavy atom. The Morgan fingerprint density at radius 1 is 0.593 bits per heavy atom. The van der Waals surface area contributed by atoms with Gasteiger partial charge in [0.1, 0.15) is 0 Å². The zero-order valence-corrected chi connectivity index (χ0v) is 18.6. The highest BCUT2D eigenvalue weighted by Gasteiger charge is 2.01. The molecule has 2 rings (SSSR count). The van der Waals surface area contributed by atoms with Crippen molar-refractivity contribution in [3.63, 3.8) is 0 Å². The second-order valence-corrected chi connectivity index (χ2v) is 9.47. The van der Waals surface area contributed by atoms with Gasteiger partial charge >= 0.3 is 0 Å². The van der Waals surface area contributed by atoms with Gasteiger partial charge in [-0.2, -0.15) is 0 Å². The minimum absolute atomic E-state index is 1.28. The number of thiophene rings is 1. The topological polar surface area (TPSA) is 0 Å². The predicted molar refractivity (Wildman–Crippen MR) is 125 cm³/mol. The fourth-order valence-electron chi connectivity index (χ4n) is 4.01. The van der Waals surface area contributed by atoms with E-state index >= 15 is 0 Å². The van der Waals surface area contributed by atoms with Crippen molar-refractivity contribution in [2.45, 2.75) is 116 Å². The van der Waals surface area contributed by atoms with Gasteiger partial charge in [-0.3, -0.25) is 0 Å². The van der Waals surface area contributed by atoms with Crippen LogP contribution in [0.2, 0.25) is 0 Å². The highest BCUT2D eigenvalue weighted by atomic mass is 32.1. The lowest BCUT2D eigenvalue weighted by atomic mass is 10.0. The zero-order valence-electron chi connectivity index (χ0n) is 17.8. The standard InChI is InChI=1S/C26H42S/c1-2-3-4-5-6-7-8-9-10-11-12-13-14-15-16-17-21-25-23-24-20-18-19-22-26(24)27-25/h18-20,22-23H,2-17,21H2,1H3. The van der Waals surface area contributed by atoms with Crippen LogP contribution in [0, 0.1) is 0 Å². The van der Waals surface area contributed by atoms with Gasteiger partial charge in [-0.05, 0) is 30.4 Å². The van der Waals surface area contributed by atoms with Crippen LogP contribution < -0.4 is 0 Å². The summed E-state index contributed by atoms with van der Waals surface area (Å²) < 4.78 is 1.45. The Hall–Kier alpha value is -0.820. The summed E-state index contributed by atoms with van der Waals surface area (Å²) in [5.74, 6) is 0. The van der Waals surface area contributed by atoms with Gasteiger partial charge in [0.05, 0.1) is 0 Å². The first-order valence-electron chi connectivity index (χ1n) is 11.9. The summed E-state index contributed by atoms with van der Waals surface area (Å²) in [7, 11) is 0. The molecule has 0 saturated carbocycles. The van der Waals surface area contributed by atoms with E-state index in [1.54, 1.807) is 4.88 Å². The molecule has 1 aromatic heterocycles. The Labute approximate surface area is 172 Å². The minimum Gasteiger partial charge on any atom is -0.140 e. The first-order chi connectivity index (χ1) is 13.4. The third kappa shape index (κ3) is 10.3. The summed E-state index contributed by atoms with van der Waals surface area (Å²) >= 11 is 1.98. The maximum absolute atomic E-state index is 2.39. The van der Waals surface area contributed by atoms with Gasteiger partial charge in [0, 0.05) is 9.58 Å². The van der Waals surface area contributed by atoms with Gasteiger partial charge in [0.2, 0.25) is 0 Å². The number of benzene rings is 1. The lowest BCUT2D eigenvalue weighted by molar-refractivity contribution is 0.529. The molecule has 0 radical (unpaired) electrons. The second-order valence-electron chi connectivity index (χ2n) is 8.30. The Balaban J connectivity index is 1.32. The second kappa shape index (κ2) is 15.1. The van der Waals surface area contributed by atoms with Crippen LogP contribution in [-0.2, 0) is 6.42 Å². The first kappa shape index (κ1) is 22.5. The van der Waals surface area contributed by atoms with Crippen molar-refractivity contribution >= 4 is 21.4 Å². The van der Waals surface area contributed by atoms with E-state index in [1.165, 1.54) is 119 Å². The van der Waals surface area contributed by atoms with E-state index < -0.39 is 0 Å². The maximum Gasteiger partial charge on any atom is 0.0345 e. The normalized spacial score (nSPS) is 11.4. The van der Waals surface area contributed by atoms with Crippen LogP contribution in [0.3, 0.4) is 0 Å². The molecule has 0 unspecified atom stereocenters. The number of hydrogen-bond donors (Lipinski definition) is 0. The Bertz CT molecular complexity index is 550. The van der Waals surface area contributed by atoms with Crippen LogP contribution in [0.1, 0.15) is 115 Å². The third-order valence-corrected chi connectivity index (χ3v) is 6.93. The van der Waals surface area contributed by atoms with Gasteiger partial charge < -0.3 is 0 Å². The minimum atomic E-state index is 1.28. The molecule has 0 saturated heterocycles. The van der Waals surface area contributed by atoms with Crippen molar-refractivity contribution in [3.8, 4) is 0 Å². The van der Waals surface area contributed by atoms with Crippen LogP contribution >= 0.6 is 11.3 Å². The molecular weight excluding hydrogens is 344 g/mol. The highest BCUT2D eigenvalue weighted by molar-refractivity contribution is 7.19. The number of rotatable bonds is 17. The van der Waals surface area contributed by atoms with Crippen LogP contribution in [0.25, 0.3) is 10.1 Å². The van der Waals surface area contributed by atoms with Gasteiger partial charge in [0.25, 0.3) is 0 Å². The maximum atomic E-state index is 2.39. The van der Waals surface area contributed by atoms with E-state index in [2.05, 4.69) is 37.3 Å². The van der Waals surface area contributed by atoms with E-state index in [0.717, 1.165) is 0 Å². The van der Waals surface area contributed by atoms with Crippen molar-refractivity contribution in [3.05, 3.63) is 35.2 Å². The molecule has 0 bridgehead atoms. The van der Waals surface area contributed by atoms with Gasteiger partial charge in [0.15, 0.2) is 0 Å². The van der Waals surface area contributed by atoms with Gasteiger partial charge in [-0.1, -0.05) is 121 Å². The van der Waals surface area contributed by atoms with Crippen molar-refractivity contribution in [2.75, 3.05) is 0 Å². The zero-order chi connectivity index (χ0) is 19.0. The highest BCUT2D eigenvalue weighted by Crippen LogP contribution is 2.26. The molecule has 2 aromatic rings. The van der Waals surface area contributed by atoms with E-state index in [1.807, 2.05) is 11.3 Å². The molecule has 1 aromatic carbocycles. The summed E-state index contributed by atoms with van der Waals surface area (Å²) in [4.78, 5) is 1.57. The molecule has 1 heteroatoms. The predicted octanol–water partition coefficient (Wildman–Crippen LogP) is 9.71. The van der Waals surface area contributed by atoms with Crippen molar-refractivity contribution < 1.29 is 0 Å². The molecule has 152 valence electrons. The summed E-state index contributed by atoms with van der Waals surface area (Å²) in [5.41, 5.74) is 0. The largest absolute Gasteiger partial charge is 0.140 e. The SMILES string of the molecule is CCCCCCCCCCCCCCCCCCc1cc2ccccc2s1. The van der Waals surface area contributed by atoms with E-state index in [-0.39, 0.29) is 0 Å². The summed E-state index contributed by atoms with van der Waals surface area (Å²) in [6, 6.07) is 11.2. The Kier molecular flexibility index (Phi) is 12.6. The Morgan fingerprint density at radius 2 is 1.07 bits per heavy atom. The fourth-order valence-corrected chi connectivity index (χ4v) is 5.11. The molecule has 0 spiro atoms. The number of fused-ring (bicyclic) bond motifs is 1. The molecule has 0 aliphatic rings. The molecule has 0 atom stereocenters. The quantitative estimate of drug-likeness (QED) is 0.237. The number of aryl methyl sites for hydroxylation is 1. The van der Waals surface area contributed by atoms with Gasteiger partial charge in [-0.15, -0.1) is 11.3 Å². The summed E-state index contributed by atoms with van der Waals surface area (Å²) in [6.45, 7) is 2.30. The fraction of sp³-hybridized carbons (Fsp3) is 0.692. The summed E-state index contributed by atoms with van der Waals surface area (Å²) in [6.07, 6.45) is 24.4. The van der Waals surface area contributed by atoms with Crippen molar-refractivity contribution in [1.29, 1.82) is 0 Å². The monoisotopic (exact) mass is 386 g/mol. The van der Waals surface area contributed by atoms with Crippen LogP contribution in [0.4, 0.5) is 0 Å². The number of unbranched alkanes of at least 4 members (excludes halogenated alkanes) is 15. The molecule has 1 heterocycles. The molecule has 0 aliphatic carbocycles. The van der Waals surface area contributed by atoms with Crippen LogP contribution in [0.5, 0.6) is 0 Å². The smallest absolute Gasteiger partial charge is 0.0345 e.